The van der Waals surface area contributed by atoms with E-state index in [0.29, 0.717) is 5.75 Å². The van der Waals surface area contributed by atoms with Crippen LogP contribution in [-0.4, -0.2) is 18.1 Å². The average molecular weight is 272 g/mol. The van der Waals surface area contributed by atoms with Gasteiger partial charge < -0.3 is 4.74 Å². The van der Waals surface area contributed by atoms with Gasteiger partial charge in [-0.15, -0.1) is 0 Å². The zero-order valence-electron chi connectivity index (χ0n) is 10.4. The monoisotopic (exact) mass is 272 g/mol. The molecule has 0 amide bonds. The van der Waals surface area contributed by atoms with E-state index in [1.54, 1.807) is 0 Å². The minimum Gasteiger partial charge on any atom is -0.490 e. The summed E-state index contributed by atoms with van der Waals surface area (Å²) in [6, 6.07) is 5.17. The van der Waals surface area contributed by atoms with Gasteiger partial charge in [0.1, 0.15) is 5.75 Å². The van der Waals surface area contributed by atoms with Crippen LogP contribution in [0.2, 0.25) is 0 Å². The maximum atomic E-state index is 12.2. The predicted molar refractivity (Wildman–Crippen MR) is 64.3 cm³/mol. The van der Waals surface area contributed by atoms with Gasteiger partial charge in [-0.1, -0.05) is 6.42 Å². The summed E-state index contributed by atoms with van der Waals surface area (Å²) in [5, 5.41) is 0. The van der Waals surface area contributed by atoms with E-state index >= 15 is 0 Å². The zero-order valence-corrected chi connectivity index (χ0v) is 10.4. The van der Waals surface area contributed by atoms with Crippen molar-refractivity contribution in [2.45, 2.75) is 44.4 Å². The highest BCUT2D eigenvalue weighted by Crippen LogP contribution is 2.25. The zero-order chi connectivity index (χ0) is 13.9. The van der Waals surface area contributed by atoms with Crippen molar-refractivity contribution in [1.82, 2.24) is 0 Å². The Morgan fingerprint density at radius 1 is 1.05 bits per heavy atom. The summed E-state index contributed by atoms with van der Waals surface area (Å²) < 4.78 is 42.4. The number of hydrogen-bond donors (Lipinski definition) is 0. The van der Waals surface area contributed by atoms with E-state index in [1.807, 2.05) is 0 Å². The highest BCUT2D eigenvalue weighted by Gasteiger charge is 2.39. The van der Waals surface area contributed by atoms with Gasteiger partial charge in [0, 0.05) is 5.56 Å². The topological polar surface area (TPSA) is 26.3 Å². The smallest absolute Gasteiger partial charge is 0.454 e. The van der Waals surface area contributed by atoms with E-state index < -0.39 is 12.0 Å². The summed E-state index contributed by atoms with van der Waals surface area (Å²) in [6.45, 7) is 0. The van der Waals surface area contributed by atoms with E-state index in [-0.39, 0.29) is 11.7 Å². The third-order valence-corrected chi connectivity index (χ3v) is 3.23. The molecule has 0 spiro atoms. The van der Waals surface area contributed by atoms with Gasteiger partial charge in [-0.05, 0) is 49.9 Å². The minimum absolute atomic E-state index is 0.137. The summed E-state index contributed by atoms with van der Waals surface area (Å²) in [5.74, 6) is -1.30. The number of benzene rings is 1. The van der Waals surface area contributed by atoms with Crippen molar-refractivity contribution in [2.24, 2.45) is 0 Å². The van der Waals surface area contributed by atoms with Crippen molar-refractivity contribution in [3.63, 3.8) is 0 Å². The molecule has 1 fully saturated rings. The largest absolute Gasteiger partial charge is 0.490 e. The van der Waals surface area contributed by atoms with Crippen molar-refractivity contribution in [3.05, 3.63) is 29.8 Å². The van der Waals surface area contributed by atoms with Crippen LogP contribution in [0.4, 0.5) is 13.2 Å². The van der Waals surface area contributed by atoms with Crippen LogP contribution in [0.25, 0.3) is 0 Å². The first-order valence-electron chi connectivity index (χ1n) is 6.35. The summed E-state index contributed by atoms with van der Waals surface area (Å²) >= 11 is 0. The Balaban J connectivity index is 2.00. The van der Waals surface area contributed by atoms with Crippen LogP contribution in [-0.2, 0) is 0 Å². The lowest BCUT2D eigenvalue weighted by molar-refractivity contribution is -0.0885. The summed E-state index contributed by atoms with van der Waals surface area (Å²) in [5.41, 5.74) is -0.358. The average Bonchev–Trinajstić information content (AvgIpc) is 2.39. The molecule has 1 aromatic carbocycles. The fourth-order valence-electron chi connectivity index (χ4n) is 2.22. The quantitative estimate of drug-likeness (QED) is 0.773. The Labute approximate surface area is 109 Å². The van der Waals surface area contributed by atoms with E-state index in [4.69, 9.17) is 4.74 Å². The van der Waals surface area contributed by atoms with Crippen molar-refractivity contribution in [1.29, 1.82) is 0 Å². The highest BCUT2D eigenvalue weighted by atomic mass is 19.4. The van der Waals surface area contributed by atoms with E-state index in [1.165, 1.54) is 18.6 Å². The molecule has 0 aliphatic heterocycles. The third-order valence-electron chi connectivity index (χ3n) is 3.23. The number of halogens is 3. The Morgan fingerprint density at radius 2 is 1.63 bits per heavy atom. The fraction of sp³-hybridized carbons (Fsp3) is 0.500. The SMILES string of the molecule is O=C(c1ccc(OC2CCCCC2)cc1)C(F)(F)F. The van der Waals surface area contributed by atoms with Gasteiger partial charge in [-0.3, -0.25) is 4.79 Å². The molecule has 104 valence electrons. The molecule has 5 heteroatoms. The van der Waals surface area contributed by atoms with Crippen LogP contribution >= 0.6 is 0 Å². The molecule has 0 saturated heterocycles. The maximum absolute atomic E-state index is 12.2. The first kappa shape index (κ1) is 13.9. The summed E-state index contributed by atoms with van der Waals surface area (Å²) in [7, 11) is 0. The Kier molecular flexibility index (Phi) is 4.12. The number of Topliss-reactive ketones (excluding diaryl/α,β-unsaturated/α-hetero) is 1. The second-order valence-electron chi connectivity index (χ2n) is 4.73. The molecule has 2 rings (SSSR count). The van der Waals surface area contributed by atoms with Crippen LogP contribution in [0.15, 0.2) is 24.3 Å². The first-order chi connectivity index (χ1) is 8.97. The van der Waals surface area contributed by atoms with Crippen LogP contribution in [0.3, 0.4) is 0 Å². The number of ketones is 1. The number of rotatable bonds is 3. The van der Waals surface area contributed by atoms with Gasteiger partial charge >= 0.3 is 6.18 Å². The lowest BCUT2D eigenvalue weighted by Gasteiger charge is -2.23. The normalized spacial score (nSPS) is 17.2. The molecule has 1 aromatic rings. The van der Waals surface area contributed by atoms with Crippen molar-refractivity contribution < 1.29 is 22.7 Å². The van der Waals surface area contributed by atoms with Crippen LogP contribution in [0.1, 0.15) is 42.5 Å². The summed E-state index contributed by atoms with van der Waals surface area (Å²) in [6.07, 6.45) is 0.708. The van der Waals surface area contributed by atoms with Crippen LogP contribution in [0.5, 0.6) is 5.75 Å². The number of carbonyl (C=O) groups excluding carboxylic acids is 1. The maximum Gasteiger partial charge on any atom is 0.454 e. The van der Waals surface area contributed by atoms with Gasteiger partial charge in [0.2, 0.25) is 0 Å². The molecule has 0 unspecified atom stereocenters. The Morgan fingerprint density at radius 3 is 2.16 bits per heavy atom. The second-order valence-corrected chi connectivity index (χ2v) is 4.73. The van der Waals surface area contributed by atoms with Crippen molar-refractivity contribution >= 4 is 5.78 Å². The number of alkyl halides is 3. The third kappa shape index (κ3) is 3.72. The standard InChI is InChI=1S/C14H15F3O2/c15-14(16,17)13(18)10-6-8-12(9-7-10)19-11-4-2-1-3-5-11/h6-9,11H,1-5H2. The lowest BCUT2D eigenvalue weighted by atomic mass is 9.98. The van der Waals surface area contributed by atoms with E-state index in [0.717, 1.165) is 37.8 Å². The van der Waals surface area contributed by atoms with E-state index in [9.17, 15) is 18.0 Å². The molecule has 0 bridgehead atoms. The molecule has 2 nitrogen and oxygen atoms in total. The molecule has 0 heterocycles. The molecular weight excluding hydrogens is 257 g/mol. The number of carbonyl (C=O) groups is 1. The number of hydrogen-bond acceptors (Lipinski definition) is 2. The van der Waals surface area contributed by atoms with Gasteiger partial charge in [-0.25, -0.2) is 0 Å². The Bertz CT molecular complexity index is 431. The molecule has 1 aliphatic rings. The molecular formula is C14H15F3O2. The molecule has 1 aliphatic carbocycles. The van der Waals surface area contributed by atoms with Gasteiger partial charge in [0.05, 0.1) is 6.10 Å². The van der Waals surface area contributed by atoms with Crippen molar-refractivity contribution in [3.8, 4) is 5.75 Å². The van der Waals surface area contributed by atoms with Crippen LogP contribution < -0.4 is 4.74 Å². The van der Waals surface area contributed by atoms with E-state index in [2.05, 4.69) is 0 Å². The number of ether oxygens (including phenoxy) is 1. The lowest BCUT2D eigenvalue weighted by Crippen LogP contribution is -2.22. The predicted octanol–water partition coefficient (Wildman–Crippen LogP) is 4.14. The Hall–Kier alpha value is -1.52. The van der Waals surface area contributed by atoms with Crippen molar-refractivity contribution in [2.75, 3.05) is 0 Å². The molecule has 0 aromatic heterocycles. The molecule has 0 N–H and O–H groups in total. The minimum atomic E-state index is -4.83. The second kappa shape index (κ2) is 5.63. The highest BCUT2D eigenvalue weighted by molar-refractivity contribution is 6.00. The molecule has 0 radical (unpaired) electrons. The summed E-state index contributed by atoms with van der Waals surface area (Å²) in [4.78, 5) is 11.0. The molecule has 0 atom stereocenters. The van der Waals surface area contributed by atoms with Gasteiger partial charge in [-0.2, -0.15) is 13.2 Å². The molecule has 1 saturated carbocycles. The molecule has 19 heavy (non-hydrogen) atoms. The van der Waals surface area contributed by atoms with Crippen LogP contribution in [0, 0.1) is 0 Å². The first-order valence-corrected chi connectivity index (χ1v) is 6.35. The van der Waals surface area contributed by atoms with Gasteiger partial charge in [0.25, 0.3) is 5.78 Å². The van der Waals surface area contributed by atoms with Gasteiger partial charge in [0.15, 0.2) is 0 Å². The fourth-order valence-corrected chi connectivity index (χ4v) is 2.22.